The van der Waals surface area contributed by atoms with E-state index in [2.05, 4.69) is 4.98 Å². The molecule has 0 radical (unpaired) electrons. The normalized spacial score (nSPS) is 11.0. The van der Waals surface area contributed by atoms with Gasteiger partial charge in [0, 0.05) is 18.2 Å². The van der Waals surface area contributed by atoms with Crippen LogP contribution < -0.4 is 5.73 Å². The first-order chi connectivity index (χ1) is 9.20. The Morgan fingerprint density at radius 3 is 2.63 bits per heavy atom. The van der Waals surface area contributed by atoms with Gasteiger partial charge in [0.1, 0.15) is 11.3 Å². The van der Waals surface area contributed by atoms with Gasteiger partial charge in [-0.3, -0.25) is 0 Å². The molecule has 0 fully saturated rings. The number of nitrogen functional groups attached to an aromatic ring is 1. The number of nitrogens with two attached hydrogens (primary N) is 1. The third kappa shape index (κ3) is 2.57. The lowest BCUT2D eigenvalue weighted by atomic mass is 10.1. The molecular formula is C15H13FN2O. The Morgan fingerprint density at radius 2 is 1.84 bits per heavy atom. The zero-order chi connectivity index (χ0) is 13.2. The van der Waals surface area contributed by atoms with Crippen LogP contribution in [0.4, 0.5) is 10.1 Å². The monoisotopic (exact) mass is 256 g/mol. The van der Waals surface area contributed by atoms with Gasteiger partial charge in [0.05, 0.1) is 0 Å². The molecule has 0 aliphatic carbocycles. The highest BCUT2D eigenvalue weighted by molar-refractivity contribution is 5.72. The van der Waals surface area contributed by atoms with Crippen LogP contribution in [0.2, 0.25) is 0 Å². The molecule has 0 bridgehead atoms. The van der Waals surface area contributed by atoms with Gasteiger partial charge in [-0.15, -0.1) is 0 Å². The number of hydrogen-bond donors (Lipinski definition) is 1. The Labute approximate surface area is 109 Å². The SMILES string of the molecule is Nc1ccc(CCc2nc3ccc(F)cc3o2)cc1. The number of aromatic nitrogens is 1. The fraction of sp³-hybridized carbons (Fsp3) is 0.133. The maximum Gasteiger partial charge on any atom is 0.195 e. The van der Waals surface area contributed by atoms with E-state index in [-0.39, 0.29) is 5.82 Å². The number of nitrogens with zero attached hydrogens (tertiary/aromatic N) is 1. The molecule has 0 unspecified atom stereocenters. The van der Waals surface area contributed by atoms with Crippen molar-refractivity contribution in [1.29, 1.82) is 0 Å². The summed E-state index contributed by atoms with van der Waals surface area (Å²) in [4.78, 5) is 4.33. The van der Waals surface area contributed by atoms with Crippen LogP contribution in [-0.2, 0) is 12.8 Å². The maximum atomic E-state index is 13.0. The van der Waals surface area contributed by atoms with E-state index in [0.29, 0.717) is 23.4 Å². The van der Waals surface area contributed by atoms with Crippen molar-refractivity contribution < 1.29 is 8.81 Å². The van der Waals surface area contributed by atoms with Crippen molar-refractivity contribution in [2.45, 2.75) is 12.8 Å². The molecule has 0 aliphatic rings. The molecule has 1 aromatic heterocycles. The molecule has 2 N–H and O–H groups in total. The van der Waals surface area contributed by atoms with Gasteiger partial charge in [0.25, 0.3) is 0 Å². The van der Waals surface area contributed by atoms with Crippen molar-refractivity contribution in [2.24, 2.45) is 0 Å². The first-order valence-corrected chi connectivity index (χ1v) is 6.10. The number of oxazole rings is 1. The number of benzene rings is 2. The standard InChI is InChI=1S/C15H13FN2O/c16-11-4-7-13-14(9-11)19-15(18-13)8-3-10-1-5-12(17)6-2-10/h1-2,4-7,9H,3,8,17H2. The topological polar surface area (TPSA) is 52.0 Å². The van der Waals surface area contributed by atoms with Gasteiger partial charge in [-0.2, -0.15) is 0 Å². The van der Waals surface area contributed by atoms with Crippen LogP contribution in [0.1, 0.15) is 11.5 Å². The molecule has 3 nitrogen and oxygen atoms in total. The van der Waals surface area contributed by atoms with E-state index in [1.54, 1.807) is 6.07 Å². The first kappa shape index (κ1) is 11.7. The molecule has 3 rings (SSSR count). The summed E-state index contributed by atoms with van der Waals surface area (Å²) in [6.07, 6.45) is 1.50. The second kappa shape index (κ2) is 4.72. The predicted octanol–water partition coefficient (Wildman–Crippen LogP) is 3.33. The second-order valence-corrected chi connectivity index (χ2v) is 4.46. The van der Waals surface area contributed by atoms with Gasteiger partial charge in [0.2, 0.25) is 0 Å². The smallest absolute Gasteiger partial charge is 0.195 e. The number of anilines is 1. The van der Waals surface area contributed by atoms with Crippen LogP contribution in [0, 0.1) is 5.82 Å². The van der Waals surface area contributed by atoms with Crippen molar-refractivity contribution >= 4 is 16.8 Å². The lowest BCUT2D eigenvalue weighted by molar-refractivity contribution is 0.525. The van der Waals surface area contributed by atoms with Crippen LogP contribution in [0.15, 0.2) is 46.9 Å². The molecule has 96 valence electrons. The number of aryl methyl sites for hydroxylation is 2. The fourth-order valence-corrected chi connectivity index (χ4v) is 1.99. The molecule has 0 saturated heterocycles. The summed E-state index contributed by atoms with van der Waals surface area (Å²) < 4.78 is 18.6. The minimum atomic E-state index is -0.311. The van der Waals surface area contributed by atoms with Crippen molar-refractivity contribution in [1.82, 2.24) is 4.98 Å². The molecule has 2 aromatic carbocycles. The number of halogens is 1. The van der Waals surface area contributed by atoms with Crippen LogP contribution >= 0.6 is 0 Å². The maximum absolute atomic E-state index is 13.0. The summed E-state index contributed by atoms with van der Waals surface area (Å²) in [6.45, 7) is 0. The molecule has 1 heterocycles. The first-order valence-electron chi connectivity index (χ1n) is 6.10. The Kier molecular flexibility index (Phi) is 2.91. The van der Waals surface area contributed by atoms with E-state index in [9.17, 15) is 4.39 Å². The van der Waals surface area contributed by atoms with Gasteiger partial charge in [0.15, 0.2) is 11.5 Å². The summed E-state index contributed by atoms with van der Waals surface area (Å²) in [5, 5.41) is 0. The Bertz CT molecular complexity index is 704. The number of rotatable bonds is 3. The molecule has 0 aliphatic heterocycles. The minimum absolute atomic E-state index is 0.311. The Balaban J connectivity index is 1.76. The van der Waals surface area contributed by atoms with Crippen molar-refractivity contribution in [3.8, 4) is 0 Å². The molecule has 0 atom stereocenters. The van der Waals surface area contributed by atoms with E-state index in [0.717, 1.165) is 12.1 Å². The predicted molar refractivity (Wildman–Crippen MR) is 72.2 cm³/mol. The average Bonchev–Trinajstić information content (AvgIpc) is 2.80. The van der Waals surface area contributed by atoms with Crippen LogP contribution in [-0.4, -0.2) is 4.98 Å². The van der Waals surface area contributed by atoms with Crippen LogP contribution in [0.25, 0.3) is 11.1 Å². The van der Waals surface area contributed by atoms with E-state index in [1.165, 1.54) is 17.7 Å². The zero-order valence-corrected chi connectivity index (χ0v) is 10.3. The summed E-state index contributed by atoms with van der Waals surface area (Å²) >= 11 is 0. The van der Waals surface area contributed by atoms with Gasteiger partial charge in [-0.05, 0) is 36.2 Å². The largest absolute Gasteiger partial charge is 0.441 e. The molecule has 0 saturated carbocycles. The average molecular weight is 256 g/mol. The van der Waals surface area contributed by atoms with Crippen molar-refractivity contribution in [3.05, 3.63) is 59.7 Å². The highest BCUT2D eigenvalue weighted by Gasteiger charge is 2.06. The molecule has 0 amide bonds. The van der Waals surface area contributed by atoms with E-state index in [4.69, 9.17) is 10.2 Å². The highest BCUT2D eigenvalue weighted by Crippen LogP contribution is 2.18. The molecular weight excluding hydrogens is 243 g/mol. The summed E-state index contributed by atoms with van der Waals surface area (Å²) in [5.74, 6) is 0.311. The van der Waals surface area contributed by atoms with Gasteiger partial charge in [-0.25, -0.2) is 9.37 Å². The van der Waals surface area contributed by atoms with E-state index >= 15 is 0 Å². The van der Waals surface area contributed by atoms with E-state index in [1.807, 2.05) is 24.3 Å². The van der Waals surface area contributed by atoms with Crippen LogP contribution in [0.5, 0.6) is 0 Å². The second-order valence-electron chi connectivity index (χ2n) is 4.46. The van der Waals surface area contributed by atoms with Gasteiger partial charge in [-0.1, -0.05) is 12.1 Å². The minimum Gasteiger partial charge on any atom is -0.441 e. The molecule has 3 aromatic rings. The fourth-order valence-electron chi connectivity index (χ4n) is 1.99. The zero-order valence-electron chi connectivity index (χ0n) is 10.3. The lowest BCUT2D eigenvalue weighted by Crippen LogP contribution is -1.92. The number of fused-ring (bicyclic) bond motifs is 1. The summed E-state index contributed by atoms with van der Waals surface area (Å²) in [5.41, 5.74) is 8.73. The third-order valence-corrected chi connectivity index (χ3v) is 3.00. The highest BCUT2D eigenvalue weighted by atomic mass is 19.1. The van der Waals surface area contributed by atoms with Crippen LogP contribution in [0.3, 0.4) is 0 Å². The third-order valence-electron chi connectivity index (χ3n) is 3.00. The molecule has 0 spiro atoms. The molecule has 19 heavy (non-hydrogen) atoms. The van der Waals surface area contributed by atoms with Crippen molar-refractivity contribution in [3.63, 3.8) is 0 Å². The van der Waals surface area contributed by atoms with Gasteiger partial charge >= 0.3 is 0 Å². The Hall–Kier alpha value is -2.36. The number of hydrogen-bond acceptors (Lipinski definition) is 3. The lowest BCUT2D eigenvalue weighted by Gasteiger charge is -1.99. The van der Waals surface area contributed by atoms with Crippen molar-refractivity contribution in [2.75, 3.05) is 5.73 Å². The summed E-state index contributed by atoms with van der Waals surface area (Å²) in [6, 6.07) is 12.1. The van der Waals surface area contributed by atoms with Gasteiger partial charge < -0.3 is 10.2 Å². The Morgan fingerprint density at radius 1 is 1.05 bits per heavy atom. The van der Waals surface area contributed by atoms with E-state index < -0.39 is 0 Å². The molecule has 4 heteroatoms. The quantitative estimate of drug-likeness (QED) is 0.731. The summed E-state index contributed by atoms with van der Waals surface area (Å²) in [7, 11) is 0.